The van der Waals surface area contributed by atoms with Crippen molar-refractivity contribution in [3.8, 4) is 0 Å². The summed E-state index contributed by atoms with van der Waals surface area (Å²) in [5.74, 6) is -0.0863. The third-order valence-corrected chi connectivity index (χ3v) is 4.95. The Balaban J connectivity index is 1.43. The molecule has 1 saturated heterocycles. The molecule has 28 heavy (non-hydrogen) atoms. The van der Waals surface area contributed by atoms with Gasteiger partial charge in [-0.25, -0.2) is 0 Å². The van der Waals surface area contributed by atoms with Crippen LogP contribution in [0.2, 0.25) is 0 Å². The number of hydrogen-bond acceptors (Lipinski definition) is 4. The summed E-state index contributed by atoms with van der Waals surface area (Å²) in [6.45, 7) is 3.25. The summed E-state index contributed by atoms with van der Waals surface area (Å²) in [6, 6.07) is 15.1. The van der Waals surface area contributed by atoms with Crippen molar-refractivity contribution in [2.45, 2.75) is 12.8 Å². The summed E-state index contributed by atoms with van der Waals surface area (Å²) in [5.41, 5.74) is 2.54. The number of morpholine rings is 1. The van der Waals surface area contributed by atoms with E-state index in [2.05, 4.69) is 31.5 Å². The predicted octanol–water partition coefficient (Wildman–Crippen LogP) is 3.29. The van der Waals surface area contributed by atoms with Gasteiger partial charge < -0.3 is 15.4 Å². The van der Waals surface area contributed by atoms with Gasteiger partial charge in [0.05, 0.1) is 19.8 Å². The highest BCUT2D eigenvalue weighted by Gasteiger charge is 2.14. The fraction of sp³-hybridized carbons (Fsp3) is 0.333. The molecule has 6 nitrogen and oxygen atoms in total. The fourth-order valence-corrected chi connectivity index (χ4v) is 3.42. The van der Waals surface area contributed by atoms with Gasteiger partial charge in [0.15, 0.2) is 0 Å². The van der Waals surface area contributed by atoms with Crippen LogP contribution in [0, 0.1) is 0 Å². The van der Waals surface area contributed by atoms with Crippen LogP contribution in [0.1, 0.15) is 12.0 Å². The molecule has 0 bridgehead atoms. The minimum Gasteiger partial charge on any atom is -0.379 e. The number of amides is 2. The molecule has 0 atom stereocenters. The molecule has 1 fully saturated rings. The van der Waals surface area contributed by atoms with Gasteiger partial charge >= 0.3 is 0 Å². The molecule has 2 amide bonds. The van der Waals surface area contributed by atoms with E-state index >= 15 is 0 Å². The molecule has 0 saturated carbocycles. The number of carbonyl (C=O) groups is 2. The van der Waals surface area contributed by atoms with E-state index in [1.807, 2.05) is 24.3 Å². The largest absolute Gasteiger partial charge is 0.379 e. The first-order chi connectivity index (χ1) is 13.6. The van der Waals surface area contributed by atoms with Crippen molar-refractivity contribution in [2.24, 2.45) is 0 Å². The van der Waals surface area contributed by atoms with Crippen molar-refractivity contribution in [3.63, 3.8) is 0 Å². The Hall–Kier alpha value is -2.22. The average molecular weight is 446 g/mol. The van der Waals surface area contributed by atoms with E-state index in [1.54, 1.807) is 24.3 Å². The number of halogens is 1. The molecule has 148 valence electrons. The first-order valence-electron chi connectivity index (χ1n) is 9.33. The second-order valence-electron chi connectivity index (χ2n) is 6.69. The number of hydrogen-bond donors (Lipinski definition) is 2. The maximum Gasteiger partial charge on any atom is 0.238 e. The van der Waals surface area contributed by atoms with Crippen LogP contribution in [0.3, 0.4) is 0 Å². The lowest BCUT2D eigenvalue weighted by Gasteiger charge is -2.25. The van der Waals surface area contributed by atoms with Gasteiger partial charge in [0.2, 0.25) is 11.8 Å². The lowest BCUT2D eigenvalue weighted by atomic mass is 10.1. The van der Waals surface area contributed by atoms with Crippen LogP contribution in [0.25, 0.3) is 0 Å². The Bertz CT molecular complexity index is 805. The van der Waals surface area contributed by atoms with Crippen LogP contribution in [-0.2, 0) is 20.7 Å². The Kier molecular flexibility index (Phi) is 7.59. The summed E-state index contributed by atoms with van der Waals surface area (Å²) in [4.78, 5) is 26.3. The summed E-state index contributed by atoms with van der Waals surface area (Å²) in [7, 11) is 0. The molecule has 0 spiro atoms. The number of benzene rings is 2. The van der Waals surface area contributed by atoms with Gasteiger partial charge in [-0.1, -0.05) is 28.1 Å². The van der Waals surface area contributed by atoms with Crippen molar-refractivity contribution in [1.82, 2.24) is 4.90 Å². The van der Waals surface area contributed by atoms with Crippen LogP contribution < -0.4 is 10.6 Å². The number of rotatable bonds is 7. The number of ether oxygens (including phenoxy) is 1. The minimum absolute atomic E-state index is 0.0379. The van der Waals surface area contributed by atoms with Crippen molar-refractivity contribution < 1.29 is 14.3 Å². The van der Waals surface area contributed by atoms with Crippen molar-refractivity contribution in [1.29, 1.82) is 0 Å². The van der Waals surface area contributed by atoms with Gasteiger partial charge in [-0.05, 0) is 48.4 Å². The molecule has 3 rings (SSSR count). The summed E-state index contributed by atoms with van der Waals surface area (Å²) < 4.78 is 6.29. The van der Waals surface area contributed by atoms with E-state index in [9.17, 15) is 9.59 Å². The van der Waals surface area contributed by atoms with Crippen molar-refractivity contribution >= 4 is 39.1 Å². The van der Waals surface area contributed by atoms with Gasteiger partial charge in [0.25, 0.3) is 0 Å². The van der Waals surface area contributed by atoms with Crippen molar-refractivity contribution in [3.05, 3.63) is 58.6 Å². The standard InChI is InChI=1S/C21H24BrN3O3/c22-17-3-1-2-16(14-17)4-9-20(26)23-18-5-7-19(8-6-18)24-21(27)15-25-10-12-28-13-11-25/h1-3,5-8,14H,4,9-13,15H2,(H,23,26)(H,24,27). The zero-order valence-electron chi connectivity index (χ0n) is 15.6. The van der Waals surface area contributed by atoms with E-state index in [-0.39, 0.29) is 11.8 Å². The lowest BCUT2D eigenvalue weighted by molar-refractivity contribution is -0.118. The third-order valence-electron chi connectivity index (χ3n) is 4.45. The highest BCUT2D eigenvalue weighted by Crippen LogP contribution is 2.16. The first-order valence-corrected chi connectivity index (χ1v) is 10.1. The topological polar surface area (TPSA) is 70.7 Å². The van der Waals surface area contributed by atoms with E-state index < -0.39 is 0 Å². The van der Waals surface area contributed by atoms with Crippen LogP contribution in [0.5, 0.6) is 0 Å². The monoisotopic (exact) mass is 445 g/mol. The van der Waals surface area contributed by atoms with Crippen LogP contribution in [0.15, 0.2) is 53.0 Å². The van der Waals surface area contributed by atoms with E-state index in [4.69, 9.17) is 4.74 Å². The summed E-state index contributed by atoms with van der Waals surface area (Å²) in [6.07, 6.45) is 1.09. The van der Waals surface area contributed by atoms with Crippen LogP contribution >= 0.6 is 15.9 Å². The number of nitrogens with zero attached hydrogens (tertiary/aromatic N) is 1. The highest BCUT2D eigenvalue weighted by atomic mass is 79.9. The van der Waals surface area contributed by atoms with E-state index in [0.29, 0.717) is 44.0 Å². The molecule has 2 N–H and O–H groups in total. The van der Waals surface area contributed by atoms with Gasteiger partial charge in [-0.2, -0.15) is 0 Å². The van der Waals surface area contributed by atoms with Crippen molar-refractivity contribution in [2.75, 3.05) is 43.5 Å². The second-order valence-corrected chi connectivity index (χ2v) is 7.61. The molecule has 1 aliphatic rings. The number of carbonyl (C=O) groups excluding carboxylic acids is 2. The summed E-state index contributed by atoms with van der Waals surface area (Å²) in [5, 5.41) is 5.77. The molecular formula is C21H24BrN3O3. The van der Waals surface area contributed by atoms with E-state index in [0.717, 1.165) is 23.1 Å². The normalized spacial score (nSPS) is 14.5. The smallest absolute Gasteiger partial charge is 0.238 e. The Morgan fingerprint density at radius 3 is 2.25 bits per heavy atom. The minimum atomic E-state index is -0.0484. The lowest BCUT2D eigenvalue weighted by Crippen LogP contribution is -2.41. The molecule has 7 heteroatoms. The molecule has 0 radical (unpaired) electrons. The second kappa shape index (κ2) is 10.4. The number of anilines is 2. The fourth-order valence-electron chi connectivity index (χ4n) is 2.97. The maximum absolute atomic E-state index is 12.1. The van der Waals surface area contributed by atoms with Gasteiger partial charge in [-0.15, -0.1) is 0 Å². The quantitative estimate of drug-likeness (QED) is 0.685. The molecule has 0 unspecified atom stereocenters. The van der Waals surface area contributed by atoms with Crippen LogP contribution in [-0.4, -0.2) is 49.6 Å². The number of aryl methyl sites for hydroxylation is 1. The number of nitrogens with one attached hydrogen (secondary N) is 2. The van der Waals surface area contributed by atoms with E-state index in [1.165, 1.54) is 0 Å². The zero-order valence-corrected chi connectivity index (χ0v) is 17.2. The Morgan fingerprint density at radius 1 is 0.964 bits per heavy atom. The van der Waals surface area contributed by atoms with Gasteiger partial charge in [0.1, 0.15) is 0 Å². The first kappa shape index (κ1) is 20.5. The SMILES string of the molecule is O=C(CCc1cccc(Br)c1)Nc1ccc(NC(=O)CN2CCOCC2)cc1. The predicted molar refractivity (Wildman–Crippen MR) is 113 cm³/mol. The molecular weight excluding hydrogens is 422 g/mol. The van der Waals surface area contributed by atoms with Gasteiger partial charge in [-0.3, -0.25) is 14.5 Å². The van der Waals surface area contributed by atoms with Gasteiger partial charge in [0, 0.05) is 35.4 Å². The molecule has 0 aliphatic carbocycles. The van der Waals surface area contributed by atoms with Crippen LogP contribution in [0.4, 0.5) is 11.4 Å². The Morgan fingerprint density at radius 2 is 1.61 bits per heavy atom. The Labute approximate surface area is 173 Å². The average Bonchev–Trinajstić information content (AvgIpc) is 2.69. The zero-order chi connectivity index (χ0) is 19.8. The summed E-state index contributed by atoms with van der Waals surface area (Å²) >= 11 is 3.44. The molecule has 1 aliphatic heterocycles. The molecule has 2 aromatic rings. The molecule has 1 heterocycles. The third kappa shape index (κ3) is 6.74. The maximum atomic E-state index is 12.1. The molecule has 2 aromatic carbocycles. The highest BCUT2D eigenvalue weighted by molar-refractivity contribution is 9.10. The molecule has 0 aromatic heterocycles.